The molecule has 0 aromatic carbocycles. The summed E-state index contributed by atoms with van der Waals surface area (Å²) >= 11 is 0. The molecule has 0 amide bonds. The molecule has 10 heavy (non-hydrogen) atoms. The summed E-state index contributed by atoms with van der Waals surface area (Å²) in [5, 5.41) is 0. The maximum atomic E-state index is 4.72. The maximum absolute atomic E-state index is 4.72. The predicted molar refractivity (Wildman–Crippen MR) is 31.4 cm³/mol. The summed E-state index contributed by atoms with van der Waals surface area (Å²) in [6.07, 6.45) is 9.05. The Kier molecular flexibility index (Phi) is 1.05. The number of hydrogen-bond acceptors (Lipinski definition) is 4. The van der Waals surface area contributed by atoms with Crippen LogP contribution in [0.1, 0.15) is 0 Å². The van der Waals surface area contributed by atoms with Crippen molar-refractivity contribution in [3.05, 3.63) is 0 Å². The van der Waals surface area contributed by atoms with Crippen molar-refractivity contribution >= 4 is 14.0 Å². The average molecular weight is 134 g/mol. The second-order valence-electron chi connectivity index (χ2n) is 1.62. The monoisotopic (exact) mass is 134 g/mol. The van der Waals surface area contributed by atoms with Gasteiger partial charge in [-0.2, -0.15) is 0 Å². The van der Waals surface area contributed by atoms with Crippen molar-refractivity contribution < 1.29 is 18.6 Å². The normalized spacial score (nSPS) is 16.8. The van der Waals surface area contributed by atoms with E-state index in [9.17, 15) is 0 Å². The fraction of sp³-hybridized carbons (Fsp3) is 0. The van der Waals surface area contributed by atoms with Gasteiger partial charge in [0.25, 0.3) is 0 Å². The lowest BCUT2D eigenvalue weighted by molar-refractivity contribution is 0.383. The van der Waals surface area contributed by atoms with Crippen LogP contribution in [0, 0.1) is 24.4 Å². The third kappa shape index (κ3) is 0.708. The van der Waals surface area contributed by atoms with Gasteiger partial charge in [0.15, 0.2) is 0 Å². The smallest absolute Gasteiger partial charge is 0.474 e. The molecule has 4 nitrogen and oxygen atoms in total. The molecule has 0 bridgehead atoms. The van der Waals surface area contributed by atoms with Crippen molar-refractivity contribution in [2.45, 2.75) is 0 Å². The largest absolute Gasteiger partial charge is 0.677 e. The highest BCUT2D eigenvalue weighted by atomic mass is 16.7. The van der Waals surface area contributed by atoms with Gasteiger partial charge < -0.3 is 18.6 Å². The molecule has 0 aliphatic carbocycles. The van der Waals surface area contributed by atoms with Crippen LogP contribution in [0.4, 0.5) is 0 Å². The van der Waals surface area contributed by atoms with Gasteiger partial charge in [-0.15, -0.1) is 0 Å². The van der Waals surface area contributed by atoms with Gasteiger partial charge in [0.1, 0.15) is 24.4 Å². The van der Waals surface area contributed by atoms with Crippen LogP contribution in [-0.4, -0.2) is 14.0 Å². The van der Waals surface area contributed by atoms with Crippen LogP contribution < -0.4 is 0 Å². The van der Waals surface area contributed by atoms with Gasteiger partial charge in [-0.25, -0.2) is 0 Å². The first-order valence-corrected chi connectivity index (χ1v) is 2.59. The lowest BCUT2D eigenvalue weighted by Gasteiger charge is -2.02. The maximum Gasteiger partial charge on any atom is 0.677 e. The summed E-state index contributed by atoms with van der Waals surface area (Å²) in [5.41, 5.74) is 0. The van der Waals surface area contributed by atoms with E-state index in [-0.39, 0.29) is 0 Å². The van der Waals surface area contributed by atoms with Crippen LogP contribution in [0.15, 0.2) is 0 Å². The molecule has 0 aromatic rings. The minimum atomic E-state index is -0.637. The standard InChI is InChI=1S/C4B2O4/c1-2-8-5(7-1)6-9-3-4-10-6. The van der Waals surface area contributed by atoms with Gasteiger partial charge in [0.05, 0.1) is 0 Å². The molecule has 2 aliphatic heterocycles. The molecular formula is C4B2O4. The highest BCUT2D eigenvalue weighted by Gasteiger charge is 2.51. The van der Waals surface area contributed by atoms with Crippen molar-refractivity contribution in [1.29, 1.82) is 0 Å². The Balaban J connectivity index is 1.90. The van der Waals surface area contributed by atoms with Gasteiger partial charge >= 0.3 is 14.0 Å². The topological polar surface area (TPSA) is 36.9 Å². The second kappa shape index (κ2) is 2.00. The molecule has 0 saturated carbocycles. The molecule has 2 aliphatic rings. The molecule has 0 spiro atoms. The molecule has 0 fully saturated rings. The first-order valence-electron chi connectivity index (χ1n) is 2.59. The Bertz CT molecular complexity index is 208. The van der Waals surface area contributed by atoms with Crippen molar-refractivity contribution in [3.63, 3.8) is 0 Å². The molecule has 0 radical (unpaired) electrons. The first-order chi connectivity index (χ1) is 4.97. The Hall–Kier alpha value is -1.55. The first kappa shape index (κ1) is 5.25. The van der Waals surface area contributed by atoms with Gasteiger partial charge in [-0.1, -0.05) is 0 Å². The highest BCUT2D eigenvalue weighted by molar-refractivity contribution is 7.11. The van der Waals surface area contributed by atoms with Crippen LogP contribution >= 0.6 is 0 Å². The third-order valence-corrected chi connectivity index (χ3v) is 1.01. The molecule has 6 heteroatoms. The molecular weight excluding hydrogens is 134 g/mol. The lowest BCUT2D eigenvalue weighted by Crippen LogP contribution is -2.39. The van der Waals surface area contributed by atoms with Gasteiger partial charge in [0, 0.05) is 0 Å². The van der Waals surface area contributed by atoms with Crippen LogP contribution in [0.25, 0.3) is 0 Å². The third-order valence-electron chi connectivity index (χ3n) is 1.01. The van der Waals surface area contributed by atoms with E-state index in [4.69, 9.17) is 18.6 Å². The Morgan fingerprint density at radius 2 is 0.900 bits per heavy atom. The van der Waals surface area contributed by atoms with Crippen LogP contribution in [0.2, 0.25) is 0 Å². The van der Waals surface area contributed by atoms with E-state index in [1.54, 1.807) is 0 Å². The van der Waals surface area contributed by atoms with E-state index in [1.807, 2.05) is 0 Å². The van der Waals surface area contributed by atoms with Crippen LogP contribution in [0.5, 0.6) is 0 Å². The summed E-state index contributed by atoms with van der Waals surface area (Å²) < 4.78 is 18.9. The molecule has 0 N–H and O–H groups in total. The zero-order valence-electron chi connectivity index (χ0n) is 4.79. The van der Waals surface area contributed by atoms with E-state index in [0.29, 0.717) is 0 Å². The minimum absolute atomic E-state index is 0.637. The summed E-state index contributed by atoms with van der Waals surface area (Å²) in [5.74, 6) is 0. The van der Waals surface area contributed by atoms with E-state index in [1.165, 1.54) is 0 Å². The second-order valence-corrected chi connectivity index (χ2v) is 1.62. The number of hydrogen-bond donors (Lipinski definition) is 0. The van der Waals surface area contributed by atoms with Gasteiger partial charge in [-0.3, -0.25) is 0 Å². The Morgan fingerprint density at radius 3 is 1.20 bits per heavy atom. The zero-order chi connectivity index (χ0) is 6.81. The van der Waals surface area contributed by atoms with Gasteiger partial charge in [-0.05, 0) is 0 Å². The lowest BCUT2D eigenvalue weighted by atomic mass is 9.49. The predicted octanol–water partition coefficient (Wildman–Crippen LogP) is -1.03. The molecule has 0 aromatic heterocycles. The summed E-state index contributed by atoms with van der Waals surface area (Å²) in [4.78, 5) is 0. The van der Waals surface area contributed by atoms with E-state index >= 15 is 0 Å². The SMILES string of the molecule is C1#COB(B2OC#CO2)O1. The fourth-order valence-corrected chi connectivity index (χ4v) is 0.599. The Labute approximate surface area is 58.0 Å². The van der Waals surface area contributed by atoms with Gasteiger partial charge in [0.2, 0.25) is 0 Å². The fourth-order valence-electron chi connectivity index (χ4n) is 0.599. The van der Waals surface area contributed by atoms with E-state index in [2.05, 4.69) is 24.4 Å². The van der Waals surface area contributed by atoms with Crippen molar-refractivity contribution in [2.75, 3.05) is 0 Å². The number of rotatable bonds is 1. The van der Waals surface area contributed by atoms with E-state index in [0.717, 1.165) is 0 Å². The van der Waals surface area contributed by atoms with E-state index < -0.39 is 14.0 Å². The molecule has 2 rings (SSSR count). The summed E-state index contributed by atoms with van der Waals surface area (Å²) in [6, 6.07) is 0. The average Bonchev–Trinajstić information content (AvgIpc) is 2.59. The molecule has 46 valence electrons. The summed E-state index contributed by atoms with van der Waals surface area (Å²) in [7, 11) is -1.27. The van der Waals surface area contributed by atoms with Crippen molar-refractivity contribution in [2.24, 2.45) is 0 Å². The molecule has 0 atom stereocenters. The van der Waals surface area contributed by atoms with Crippen LogP contribution in [0.3, 0.4) is 0 Å². The minimum Gasteiger partial charge on any atom is -0.474 e. The van der Waals surface area contributed by atoms with Crippen LogP contribution in [-0.2, 0) is 18.6 Å². The highest BCUT2D eigenvalue weighted by Crippen LogP contribution is 2.04. The zero-order valence-corrected chi connectivity index (χ0v) is 4.79. The molecule has 0 saturated heterocycles. The molecule has 0 unspecified atom stereocenters. The van der Waals surface area contributed by atoms with Crippen molar-refractivity contribution in [1.82, 2.24) is 0 Å². The summed E-state index contributed by atoms with van der Waals surface area (Å²) in [6.45, 7) is 0. The molecule has 2 heterocycles. The Morgan fingerprint density at radius 1 is 0.600 bits per heavy atom. The quantitative estimate of drug-likeness (QED) is 0.339. The van der Waals surface area contributed by atoms with Crippen molar-refractivity contribution in [3.8, 4) is 24.4 Å².